The van der Waals surface area contributed by atoms with E-state index in [1.165, 1.54) is 0 Å². The summed E-state index contributed by atoms with van der Waals surface area (Å²) < 4.78 is 15.7. The number of nitrogens with one attached hydrogen (secondary N) is 1. The lowest BCUT2D eigenvalue weighted by molar-refractivity contribution is 0.107. The molecule has 0 unspecified atom stereocenters. The zero-order valence-electron chi connectivity index (χ0n) is 12.8. The average Bonchev–Trinajstić information content (AvgIpc) is 2.29. The second-order valence-electron chi connectivity index (χ2n) is 3.77. The average molecular weight is 279 g/mol. The number of hydrogen-bond donors (Lipinski definition) is 1. The van der Waals surface area contributed by atoms with E-state index in [0.717, 1.165) is 0 Å². The van der Waals surface area contributed by atoms with Gasteiger partial charge in [-0.2, -0.15) is 0 Å². The molecular formula is C11H29N3O3Si. The van der Waals surface area contributed by atoms with Gasteiger partial charge in [0.05, 0.1) is 0 Å². The Kier molecular flexibility index (Phi) is 14.0. The van der Waals surface area contributed by atoms with Crippen molar-refractivity contribution in [1.82, 2.24) is 9.80 Å². The molecule has 7 heteroatoms. The first kappa shape index (κ1) is 19.7. The first-order valence-corrected chi connectivity index (χ1v) is 7.59. The molecule has 0 aliphatic carbocycles. The number of rotatable bonds is 6. The van der Waals surface area contributed by atoms with Crippen LogP contribution in [0.4, 0.5) is 0 Å². The molecule has 0 bridgehead atoms. The highest BCUT2D eigenvalue weighted by atomic mass is 28.3. The van der Waals surface area contributed by atoms with Crippen molar-refractivity contribution in [3.8, 4) is 0 Å². The molecule has 6 nitrogen and oxygen atoms in total. The van der Waals surface area contributed by atoms with Crippen molar-refractivity contribution in [2.45, 2.75) is 20.8 Å². The molecule has 0 heterocycles. The highest BCUT2D eigenvalue weighted by molar-refractivity contribution is 6.36. The maximum atomic E-state index is 7.25. The van der Waals surface area contributed by atoms with Crippen molar-refractivity contribution < 1.29 is 13.3 Å². The monoisotopic (exact) mass is 279 g/mol. The van der Waals surface area contributed by atoms with Crippen LogP contribution in [0.15, 0.2) is 0 Å². The summed E-state index contributed by atoms with van der Waals surface area (Å²) in [5.41, 5.74) is 0. The van der Waals surface area contributed by atoms with E-state index >= 15 is 0 Å². The number of hydrogen-bond acceptors (Lipinski definition) is 4. The molecule has 1 N–H and O–H groups in total. The van der Waals surface area contributed by atoms with Crippen LogP contribution in [-0.2, 0) is 13.3 Å². The van der Waals surface area contributed by atoms with Crippen LogP contribution >= 0.6 is 0 Å². The van der Waals surface area contributed by atoms with E-state index < -0.39 is 9.53 Å². The van der Waals surface area contributed by atoms with Gasteiger partial charge in [0.15, 0.2) is 5.96 Å². The minimum Gasteiger partial charge on any atom is -0.376 e. The van der Waals surface area contributed by atoms with E-state index in [2.05, 4.69) is 0 Å². The summed E-state index contributed by atoms with van der Waals surface area (Å²) in [6, 6.07) is 0. The van der Waals surface area contributed by atoms with Crippen molar-refractivity contribution in [2.75, 3.05) is 48.0 Å². The van der Waals surface area contributed by atoms with Crippen LogP contribution in [0.2, 0.25) is 0 Å². The molecule has 0 spiro atoms. The molecule has 0 rings (SSSR count). The van der Waals surface area contributed by atoms with E-state index in [9.17, 15) is 0 Å². The Morgan fingerprint density at radius 2 is 1.11 bits per heavy atom. The summed E-state index contributed by atoms with van der Waals surface area (Å²) in [5.74, 6) is 0.519. The minimum atomic E-state index is -1.73. The van der Waals surface area contributed by atoms with Gasteiger partial charge in [0.2, 0.25) is 0 Å². The summed E-state index contributed by atoms with van der Waals surface area (Å²) >= 11 is 0. The fraction of sp³-hybridized carbons (Fsp3) is 0.909. The Morgan fingerprint density at radius 1 is 0.833 bits per heavy atom. The quantitative estimate of drug-likeness (QED) is 0.444. The van der Waals surface area contributed by atoms with Crippen LogP contribution in [0, 0.1) is 5.41 Å². The van der Waals surface area contributed by atoms with Crippen molar-refractivity contribution in [2.24, 2.45) is 0 Å². The van der Waals surface area contributed by atoms with Crippen molar-refractivity contribution >= 4 is 15.5 Å². The molecule has 0 aromatic carbocycles. The first-order chi connectivity index (χ1) is 8.40. The van der Waals surface area contributed by atoms with Gasteiger partial charge in [-0.15, -0.1) is 0 Å². The summed E-state index contributed by atoms with van der Waals surface area (Å²) in [6.07, 6.45) is 0. The van der Waals surface area contributed by atoms with Gasteiger partial charge >= 0.3 is 9.53 Å². The Labute approximate surface area is 113 Å². The molecule has 0 saturated heterocycles. The molecule has 0 aromatic rings. The number of nitrogens with zero attached hydrogens (tertiary/aromatic N) is 2. The van der Waals surface area contributed by atoms with Crippen LogP contribution < -0.4 is 0 Å². The van der Waals surface area contributed by atoms with Gasteiger partial charge in [0, 0.05) is 48.0 Å². The van der Waals surface area contributed by atoms with Crippen LogP contribution in [0.1, 0.15) is 20.8 Å². The molecule has 110 valence electrons. The molecule has 18 heavy (non-hydrogen) atoms. The zero-order chi connectivity index (χ0) is 14.6. The SMILES string of the molecule is CCO[SiH](OCC)OCC.CN(C)C(=N)N(C)C. The lowest BCUT2D eigenvalue weighted by atomic mass is 10.7. The van der Waals surface area contributed by atoms with Crippen LogP contribution in [0.3, 0.4) is 0 Å². The van der Waals surface area contributed by atoms with Gasteiger partial charge in [0.25, 0.3) is 0 Å². The Hall–Kier alpha value is -0.633. The lowest BCUT2D eigenvalue weighted by Crippen LogP contribution is -2.34. The molecule has 0 aliphatic rings. The highest BCUT2D eigenvalue weighted by Crippen LogP contribution is 1.91. The van der Waals surface area contributed by atoms with Crippen LogP contribution in [0.25, 0.3) is 0 Å². The fourth-order valence-corrected chi connectivity index (χ4v) is 2.06. The second-order valence-corrected chi connectivity index (χ2v) is 5.34. The third-order valence-corrected chi connectivity index (χ3v) is 3.57. The van der Waals surface area contributed by atoms with Gasteiger partial charge in [-0.1, -0.05) is 0 Å². The smallest absolute Gasteiger partial charge is 0.376 e. The van der Waals surface area contributed by atoms with E-state index in [4.69, 9.17) is 18.7 Å². The maximum Gasteiger partial charge on any atom is 0.484 e. The van der Waals surface area contributed by atoms with Gasteiger partial charge in [-0.05, 0) is 20.8 Å². The Balaban J connectivity index is 0. The largest absolute Gasteiger partial charge is 0.484 e. The predicted octanol–water partition coefficient (Wildman–Crippen LogP) is 0.857. The fourth-order valence-electron chi connectivity index (χ4n) is 0.953. The second kappa shape index (κ2) is 12.8. The standard InChI is InChI=1S/C6H16O3Si.C5H13N3/c1-4-7-10(8-5-2)9-6-3;1-7(2)5(6)8(3)4/h10H,4-6H2,1-3H3;6H,1-4H3. The van der Waals surface area contributed by atoms with Gasteiger partial charge in [0.1, 0.15) is 0 Å². The molecule has 0 aliphatic heterocycles. The third kappa shape index (κ3) is 11.8. The van der Waals surface area contributed by atoms with E-state index in [-0.39, 0.29) is 0 Å². The van der Waals surface area contributed by atoms with Crippen molar-refractivity contribution in [3.63, 3.8) is 0 Å². The predicted molar refractivity (Wildman–Crippen MR) is 77.1 cm³/mol. The molecule has 0 aromatic heterocycles. The lowest BCUT2D eigenvalue weighted by Gasteiger charge is -2.19. The van der Waals surface area contributed by atoms with E-state index in [0.29, 0.717) is 25.8 Å². The molecule has 0 amide bonds. The molecule has 0 fully saturated rings. The van der Waals surface area contributed by atoms with Gasteiger partial charge in [-0.3, -0.25) is 5.41 Å². The van der Waals surface area contributed by atoms with E-state index in [1.807, 2.05) is 49.0 Å². The molecule has 0 atom stereocenters. The summed E-state index contributed by atoms with van der Waals surface area (Å²) in [7, 11) is 5.66. The normalized spacial score (nSPS) is 9.78. The van der Waals surface area contributed by atoms with E-state index in [1.54, 1.807) is 9.80 Å². The van der Waals surface area contributed by atoms with Crippen LogP contribution in [0.5, 0.6) is 0 Å². The van der Waals surface area contributed by atoms with Crippen molar-refractivity contribution in [3.05, 3.63) is 0 Å². The van der Waals surface area contributed by atoms with Crippen molar-refractivity contribution in [1.29, 1.82) is 5.41 Å². The summed E-state index contributed by atoms with van der Waals surface area (Å²) in [4.78, 5) is 3.50. The van der Waals surface area contributed by atoms with Gasteiger partial charge < -0.3 is 23.1 Å². The highest BCUT2D eigenvalue weighted by Gasteiger charge is 2.11. The Morgan fingerprint density at radius 3 is 1.22 bits per heavy atom. The zero-order valence-corrected chi connectivity index (χ0v) is 14.0. The molecule has 0 radical (unpaired) electrons. The maximum absolute atomic E-state index is 7.25. The summed E-state index contributed by atoms with van der Waals surface area (Å²) in [5, 5.41) is 7.25. The molecule has 0 saturated carbocycles. The van der Waals surface area contributed by atoms with Gasteiger partial charge in [-0.25, -0.2) is 0 Å². The van der Waals surface area contributed by atoms with Crippen LogP contribution in [-0.4, -0.2) is 73.3 Å². The summed E-state index contributed by atoms with van der Waals surface area (Å²) in [6.45, 7) is 7.86. The molecular weight excluding hydrogens is 250 g/mol. The number of guanidine groups is 1. The first-order valence-electron chi connectivity index (χ1n) is 6.18. The third-order valence-electron chi connectivity index (χ3n) is 1.76. The Bertz CT molecular complexity index is 180. The topological polar surface area (TPSA) is 58.0 Å². The minimum absolute atomic E-state index is 0.519.